The van der Waals surface area contributed by atoms with Crippen LogP contribution in [0.2, 0.25) is 0 Å². The number of carbonyl (C=O) groups is 1. The van der Waals surface area contributed by atoms with Gasteiger partial charge in [-0.25, -0.2) is 8.42 Å². The smallest absolute Gasteiger partial charge is 0.260 e. The van der Waals surface area contributed by atoms with Crippen LogP contribution < -0.4 is 4.74 Å². The highest BCUT2D eigenvalue weighted by Gasteiger charge is 2.17. The van der Waals surface area contributed by atoms with Crippen LogP contribution in [0.15, 0.2) is 29.2 Å². The standard InChI is InChI=1S/C13H17NO4S2/c1-20(16,17)12-4-2-3-11(9-12)18-10-13(15)14-5-7-19-8-6-14/h2-4,9H,5-8,10H2,1H3. The number of nitrogens with zero attached hydrogens (tertiary/aromatic N) is 1. The summed E-state index contributed by atoms with van der Waals surface area (Å²) in [5.41, 5.74) is 0. The summed E-state index contributed by atoms with van der Waals surface area (Å²) in [6, 6.07) is 6.20. The Morgan fingerprint density at radius 2 is 2.05 bits per heavy atom. The lowest BCUT2D eigenvalue weighted by Gasteiger charge is -2.26. The van der Waals surface area contributed by atoms with E-state index in [4.69, 9.17) is 4.74 Å². The summed E-state index contributed by atoms with van der Waals surface area (Å²) in [4.78, 5) is 13.9. The molecule has 0 saturated carbocycles. The second kappa shape index (κ2) is 6.49. The fraction of sp³-hybridized carbons (Fsp3) is 0.462. The van der Waals surface area contributed by atoms with Crippen LogP contribution in [0.5, 0.6) is 5.75 Å². The van der Waals surface area contributed by atoms with E-state index in [1.165, 1.54) is 12.1 Å². The van der Waals surface area contributed by atoms with Crippen LogP contribution in [0.3, 0.4) is 0 Å². The van der Waals surface area contributed by atoms with E-state index in [9.17, 15) is 13.2 Å². The van der Waals surface area contributed by atoms with Gasteiger partial charge in [0, 0.05) is 30.9 Å². The van der Waals surface area contributed by atoms with Gasteiger partial charge in [-0.15, -0.1) is 0 Å². The number of hydrogen-bond donors (Lipinski definition) is 0. The molecule has 0 aromatic heterocycles. The number of carbonyl (C=O) groups excluding carboxylic acids is 1. The van der Waals surface area contributed by atoms with Gasteiger partial charge in [0.1, 0.15) is 5.75 Å². The van der Waals surface area contributed by atoms with Crippen LogP contribution in [0.25, 0.3) is 0 Å². The molecule has 1 fully saturated rings. The van der Waals surface area contributed by atoms with E-state index < -0.39 is 9.84 Å². The molecule has 1 aliphatic rings. The van der Waals surface area contributed by atoms with E-state index in [-0.39, 0.29) is 17.4 Å². The lowest BCUT2D eigenvalue weighted by atomic mass is 10.3. The van der Waals surface area contributed by atoms with Crippen molar-refractivity contribution >= 4 is 27.5 Å². The highest BCUT2D eigenvalue weighted by atomic mass is 32.2. The van der Waals surface area contributed by atoms with Crippen LogP contribution in [0.1, 0.15) is 0 Å². The van der Waals surface area contributed by atoms with Gasteiger partial charge in [-0.2, -0.15) is 11.8 Å². The Morgan fingerprint density at radius 1 is 1.35 bits per heavy atom. The quantitative estimate of drug-likeness (QED) is 0.831. The first kappa shape index (κ1) is 15.2. The van der Waals surface area contributed by atoms with Crippen molar-refractivity contribution in [3.05, 3.63) is 24.3 Å². The van der Waals surface area contributed by atoms with Crippen LogP contribution in [0.4, 0.5) is 0 Å². The molecule has 0 radical (unpaired) electrons. The number of thioether (sulfide) groups is 1. The Balaban J connectivity index is 1.95. The van der Waals surface area contributed by atoms with Gasteiger partial charge in [0.25, 0.3) is 5.91 Å². The fourth-order valence-corrected chi connectivity index (χ4v) is 3.40. The van der Waals surface area contributed by atoms with E-state index in [0.29, 0.717) is 5.75 Å². The summed E-state index contributed by atoms with van der Waals surface area (Å²) in [5, 5.41) is 0. The second-order valence-electron chi connectivity index (χ2n) is 4.53. The van der Waals surface area contributed by atoms with E-state index in [0.717, 1.165) is 30.9 Å². The topological polar surface area (TPSA) is 63.7 Å². The monoisotopic (exact) mass is 315 g/mol. The average Bonchev–Trinajstić information content (AvgIpc) is 2.45. The molecule has 1 aliphatic heterocycles. The summed E-state index contributed by atoms with van der Waals surface area (Å²) < 4.78 is 28.3. The van der Waals surface area contributed by atoms with Crippen LogP contribution in [0, 0.1) is 0 Å². The lowest BCUT2D eigenvalue weighted by Crippen LogP contribution is -2.40. The SMILES string of the molecule is CS(=O)(=O)c1cccc(OCC(=O)N2CCSCC2)c1. The normalized spacial score (nSPS) is 15.9. The highest BCUT2D eigenvalue weighted by molar-refractivity contribution is 7.99. The third kappa shape index (κ3) is 4.14. The zero-order chi connectivity index (χ0) is 14.6. The minimum absolute atomic E-state index is 0.0577. The Bertz CT molecular complexity index is 580. The molecule has 1 amide bonds. The maximum absolute atomic E-state index is 11.9. The highest BCUT2D eigenvalue weighted by Crippen LogP contribution is 2.17. The van der Waals surface area contributed by atoms with Gasteiger partial charge in [0.05, 0.1) is 4.90 Å². The Kier molecular flexibility index (Phi) is 4.93. The number of amides is 1. The van der Waals surface area contributed by atoms with Crippen LogP contribution >= 0.6 is 11.8 Å². The minimum atomic E-state index is -3.26. The maximum Gasteiger partial charge on any atom is 0.260 e. The molecule has 110 valence electrons. The van der Waals surface area contributed by atoms with Gasteiger partial charge in [0.2, 0.25) is 0 Å². The second-order valence-corrected chi connectivity index (χ2v) is 7.77. The molecule has 0 bridgehead atoms. The van der Waals surface area contributed by atoms with Crippen LogP contribution in [-0.4, -0.2) is 56.7 Å². The van der Waals surface area contributed by atoms with Crippen LogP contribution in [-0.2, 0) is 14.6 Å². The molecule has 0 aliphatic carbocycles. The molecule has 0 N–H and O–H groups in total. The van der Waals surface area contributed by atoms with E-state index >= 15 is 0 Å². The van der Waals surface area contributed by atoms with E-state index in [1.807, 2.05) is 11.8 Å². The summed E-state index contributed by atoms with van der Waals surface area (Å²) in [6.45, 7) is 1.43. The molecule has 0 atom stereocenters. The summed E-state index contributed by atoms with van der Waals surface area (Å²) >= 11 is 1.83. The van der Waals surface area contributed by atoms with Crippen molar-refractivity contribution in [1.82, 2.24) is 4.90 Å². The van der Waals surface area contributed by atoms with Gasteiger partial charge in [0.15, 0.2) is 16.4 Å². The van der Waals surface area contributed by atoms with Gasteiger partial charge in [-0.05, 0) is 18.2 Å². The average molecular weight is 315 g/mol. The van der Waals surface area contributed by atoms with Crippen molar-refractivity contribution in [3.8, 4) is 5.75 Å². The van der Waals surface area contributed by atoms with Crippen molar-refractivity contribution < 1.29 is 17.9 Å². The maximum atomic E-state index is 11.9. The summed E-state index contributed by atoms with van der Waals surface area (Å²) in [5.74, 6) is 2.24. The predicted octanol–water partition coefficient (Wildman–Crippen LogP) is 1.04. The van der Waals surface area contributed by atoms with Crippen molar-refractivity contribution in [1.29, 1.82) is 0 Å². The molecule has 2 rings (SSSR count). The molecule has 1 saturated heterocycles. The molecular formula is C13H17NO4S2. The summed E-state index contributed by atoms with van der Waals surface area (Å²) in [7, 11) is -3.26. The minimum Gasteiger partial charge on any atom is -0.484 e. The molecule has 0 spiro atoms. The van der Waals surface area contributed by atoms with E-state index in [2.05, 4.69) is 0 Å². The fourth-order valence-electron chi connectivity index (χ4n) is 1.84. The number of ether oxygens (including phenoxy) is 1. The first-order valence-corrected chi connectivity index (χ1v) is 9.30. The van der Waals surface area contributed by atoms with Gasteiger partial charge in [-0.1, -0.05) is 6.07 Å². The van der Waals surface area contributed by atoms with Gasteiger partial charge in [-0.3, -0.25) is 4.79 Å². The molecule has 1 heterocycles. The number of benzene rings is 1. The van der Waals surface area contributed by atoms with Crippen molar-refractivity contribution in [2.75, 3.05) is 37.5 Å². The lowest BCUT2D eigenvalue weighted by molar-refractivity contribution is -0.132. The van der Waals surface area contributed by atoms with Crippen molar-refractivity contribution in [2.45, 2.75) is 4.90 Å². The predicted molar refractivity (Wildman–Crippen MR) is 79.0 cm³/mol. The first-order valence-electron chi connectivity index (χ1n) is 6.25. The third-order valence-corrected chi connectivity index (χ3v) is 5.01. The Labute approximate surface area is 123 Å². The van der Waals surface area contributed by atoms with Gasteiger partial charge < -0.3 is 9.64 Å². The largest absolute Gasteiger partial charge is 0.484 e. The molecule has 5 nitrogen and oxygen atoms in total. The Morgan fingerprint density at radius 3 is 2.70 bits per heavy atom. The van der Waals surface area contributed by atoms with Crippen molar-refractivity contribution in [3.63, 3.8) is 0 Å². The van der Waals surface area contributed by atoms with Gasteiger partial charge >= 0.3 is 0 Å². The Hall–Kier alpha value is -1.21. The molecule has 1 aromatic carbocycles. The summed E-state index contributed by atoms with van der Waals surface area (Å²) in [6.07, 6.45) is 1.14. The molecule has 20 heavy (non-hydrogen) atoms. The zero-order valence-electron chi connectivity index (χ0n) is 11.2. The number of sulfone groups is 1. The van der Waals surface area contributed by atoms with Crippen molar-refractivity contribution in [2.24, 2.45) is 0 Å². The molecule has 1 aromatic rings. The molecule has 0 unspecified atom stereocenters. The van der Waals surface area contributed by atoms with E-state index in [1.54, 1.807) is 17.0 Å². The zero-order valence-corrected chi connectivity index (χ0v) is 12.9. The number of hydrogen-bond acceptors (Lipinski definition) is 5. The first-order chi connectivity index (χ1) is 9.47. The number of rotatable bonds is 4. The third-order valence-electron chi connectivity index (χ3n) is 2.96. The molecule has 7 heteroatoms. The molecular weight excluding hydrogens is 298 g/mol.